The zero-order valence-corrected chi connectivity index (χ0v) is 38.9. The number of nitrogens with zero attached hydrogens (tertiary/aromatic N) is 3. The van der Waals surface area contributed by atoms with Gasteiger partial charge in [-0.15, -0.1) is 22.7 Å². The molecule has 1 aliphatic rings. The smallest absolute Gasteiger partial charge is 0.417 e. The molecule has 7 aromatic rings. The van der Waals surface area contributed by atoms with Gasteiger partial charge in [-0.1, -0.05) is 52.6 Å². The molecule has 12 nitrogen and oxygen atoms in total. The van der Waals surface area contributed by atoms with Gasteiger partial charge < -0.3 is 30.0 Å². The number of thiazole rings is 1. The third kappa shape index (κ3) is 24.2. The average Bonchev–Trinajstić information content (AvgIpc) is 3.91. The van der Waals surface area contributed by atoms with Crippen LogP contribution in [0.5, 0.6) is 5.75 Å². The predicted molar refractivity (Wildman–Crippen MR) is 270 cm³/mol. The van der Waals surface area contributed by atoms with E-state index in [9.17, 15) is 14.4 Å². The number of nitrogens with one attached hydrogen (secondary N) is 4. The van der Waals surface area contributed by atoms with Gasteiger partial charge in [0.2, 0.25) is 11.8 Å². The largest absolute Gasteiger partial charge is 0.485 e. The number of carbonyl (C=O) groups is 2. The number of hydrogen-bond acceptors (Lipinski definition) is 11. The Bertz CT molecular complexity index is 2390. The second kappa shape index (κ2) is 30.9. The van der Waals surface area contributed by atoms with Gasteiger partial charge in [-0.3, -0.25) is 19.6 Å². The Kier molecular flexibility index (Phi) is 27.9. The normalized spacial score (nSPS) is 10.3. The first-order valence-electron chi connectivity index (χ1n) is 19.7. The number of aromatic amines is 1. The molecule has 2 amide bonds. The molecule has 0 saturated carbocycles. The highest BCUT2D eigenvalue weighted by Gasteiger charge is 2.10. The zero-order valence-electron chi connectivity index (χ0n) is 37.3. The van der Waals surface area contributed by atoms with Crippen molar-refractivity contribution in [3.8, 4) is 5.75 Å². The second-order valence-electron chi connectivity index (χ2n) is 13.8. The summed E-state index contributed by atoms with van der Waals surface area (Å²) in [7, 11) is 4.11. The van der Waals surface area contributed by atoms with Gasteiger partial charge in [0.25, 0.3) is 0 Å². The van der Waals surface area contributed by atoms with Gasteiger partial charge >= 0.3 is 5.76 Å². The molecule has 0 radical (unpaired) electrons. The Morgan fingerprint density at radius 3 is 2.00 bits per heavy atom. The van der Waals surface area contributed by atoms with Crippen LogP contribution in [0.1, 0.15) is 68.4 Å². The van der Waals surface area contributed by atoms with Crippen LogP contribution in [0.4, 0.5) is 11.4 Å². The van der Waals surface area contributed by atoms with E-state index in [0.29, 0.717) is 12.2 Å². The van der Waals surface area contributed by atoms with E-state index < -0.39 is 5.76 Å². The van der Waals surface area contributed by atoms with Crippen LogP contribution in [0, 0.1) is 34.6 Å². The molecule has 0 bridgehead atoms. The van der Waals surface area contributed by atoms with Crippen molar-refractivity contribution in [1.82, 2.24) is 25.2 Å². The molecule has 1 aliphatic heterocycles. The lowest BCUT2D eigenvalue weighted by atomic mass is 10.2. The number of carbonyl (C=O) groups excluding carboxylic acids is 2. The molecule has 4 N–H and O–H groups in total. The van der Waals surface area contributed by atoms with Gasteiger partial charge in [-0.2, -0.15) is 0 Å². The summed E-state index contributed by atoms with van der Waals surface area (Å²) in [4.78, 5) is 46.7. The van der Waals surface area contributed by atoms with Crippen LogP contribution in [0.2, 0.25) is 0 Å². The van der Waals surface area contributed by atoms with Crippen molar-refractivity contribution in [3.63, 3.8) is 0 Å². The lowest BCUT2D eigenvalue weighted by Crippen LogP contribution is -2.18. The monoisotopic (exact) mass is 899 g/mol. The molecule has 4 aromatic heterocycles. The fourth-order valence-electron chi connectivity index (χ4n) is 4.74. The number of ether oxygens (including phenoxy) is 1. The standard InChI is InChI=1S/C10H11NO.C8H7NO2.C8H7NS.C7H8N2O.C6H8S.C4H9NO.C4H11N.2CH4/c1-7-3-4-10-9(5-7)11-8(2)6-12-10;1-5-2-3-6-7(4-5)11-8(10)9-6;1-6-9-7-4-2-3-5-8(7)10-6;1-6(10)9-7-3-2-4-8-5-7;1-5-3-4-6(2)7-5;1-3-5-4(2)6;1-4-5(2)3;;/h3-5,11H,2,6H2,1H3;2-4H,1H3,(H,9,10);2-5H,1H3;2-5H,1H3,(H,9,10);3-4H,1-2H3;3H2,1-2H3,(H,5,6);4H2,1-3H3;2*1H4. The van der Waals surface area contributed by atoms with E-state index in [1.807, 2.05) is 80.6 Å². The fraction of sp³-hybridized carbons (Fsp3) is 0.327. The Hall–Kier alpha value is -6.09. The molecular formula is C49H69N7O5S2. The van der Waals surface area contributed by atoms with Gasteiger partial charge in [0.05, 0.1) is 38.3 Å². The summed E-state index contributed by atoms with van der Waals surface area (Å²) < 4.78 is 11.5. The quantitative estimate of drug-likeness (QED) is 0.136. The Morgan fingerprint density at radius 2 is 1.48 bits per heavy atom. The van der Waals surface area contributed by atoms with Crippen LogP contribution in [0.3, 0.4) is 0 Å². The van der Waals surface area contributed by atoms with Crippen molar-refractivity contribution in [3.05, 3.63) is 146 Å². The molecule has 8 rings (SSSR count). The molecule has 0 fully saturated rings. The number of para-hydroxylation sites is 1. The average molecular weight is 900 g/mol. The highest BCUT2D eigenvalue weighted by Crippen LogP contribution is 2.30. The highest BCUT2D eigenvalue weighted by molar-refractivity contribution is 7.18. The van der Waals surface area contributed by atoms with Crippen LogP contribution >= 0.6 is 22.7 Å². The van der Waals surface area contributed by atoms with Crippen LogP contribution in [-0.4, -0.2) is 65.5 Å². The first-order valence-corrected chi connectivity index (χ1v) is 21.3. The highest BCUT2D eigenvalue weighted by atomic mass is 32.1. The summed E-state index contributed by atoms with van der Waals surface area (Å²) in [6, 6.07) is 27.7. The number of H-pyrrole nitrogens is 1. The maximum Gasteiger partial charge on any atom is 0.417 e. The van der Waals surface area contributed by atoms with Crippen LogP contribution in [0.15, 0.2) is 119 Å². The summed E-state index contributed by atoms with van der Waals surface area (Å²) in [5.41, 5.74) is 7.45. The zero-order chi connectivity index (χ0) is 45.3. The van der Waals surface area contributed by atoms with Crippen LogP contribution < -0.4 is 26.4 Å². The van der Waals surface area contributed by atoms with E-state index in [2.05, 4.69) is 108 Å². The molecule has 0 atom stereocenters. The maximum atomic E-state index is 10.7. The molecule has 63 heavy (non-hydrogen) atoms. The number of aromatic nitrogens is 3. The number of anilines is 2. The van der Waals surface area contributed by atoms with Crippen molar-refractivity contribution in [2.75, 3.05) is 44.4 Å². The Balaban J connectivity index is 0.000000721. The second-order valence-corrected chi connectivity index (χ2v) is 16.5. The number of thiophene rings is 1. The van der Waals surface area contributed by atoms with Gasteiger partial charge in [0.1, 0.15) is 12.4 Å². The molecular weight excluding hydrogens is 831 g/mol. The van der Waals surface area contributed by atoms with Crippen molar-refractivity contribution < 1.29 is 18.7 Å². The van der Waals surface area contributed by atoms with E-state index in [0.717, 1.165) is 57.5 Å². The van der Waals surface area contributed by atoms with Crippen LogP contribution in [-0.2, 0) is 9.59 Å². The molecule has 342 valence electrons. The number of pyridine rings is 1. The van der Waals surface area contributed by atoms with E-state index in [-0.39, 0.29) is 26.7 Å². The third-order valence-electron chi connectivity index (χ3n) is 7.74. The SMILES string of the molecule is C.C.C=C1COc2ccc(C)cc2N1.CC(=O)Nc1cccnc1.CCN(C)C.CCNC(C)=O.Cc1ccc(C)s1.Cc1ccc2[nH]c(=O)oc2c1.Cc1nc2ccccc2s1. The lowest BCUT2D eigenvalue weighted by Gasteiger charge is -2.20. The predicted octanol–water partition coefficient (Wildman–Crippen LogP) is 11.7. The molecule has 5 heterocycles. The summed E-state index contributed by atoms with van der Waals surface area (Å²) in [6.07, 6.45) is 3.26. The Morgan fingerprint density at radius 1 is 0.841 bits per heavy atom. The van der Waals surface area contributed by atoms with Gasteiger partial charge in [0, 0.05) is 42.0 Å². The summed E-state index contributed by atoms with van der Waals surface area (Å²) in [5.74, 6) is 0.476. The number of rotatable bonds is 3. The van der Waals surface area contributed by atoms with E-state index in [1.165, 1.54) is 33.9 Å². The fourth-order valence-corrected chi connectivity index (χ4v) is 6.35. The van der Waals surface area contributed by atoms with Crippen molar-refractivity contribution in [2.24, 2.45) is 0 Å². The molecule has 0 unspecified atom stereocenters. The number of fused-ring (bicyclic) bond motifs is 3. The number of aryl methyl sites for hydroxylation is 5. The maximum absolute atomic E-state index is 10.7. The lowest BCUT2D eigenvalue weighted by molar-refractivity contribution is -0.119. The Labute approximate surface area is 382 Å². The van der Waals surface area contributed by atoms with Crippen LogP contribution in [0.25, 0.3) is 21.3 Å². The first kappa shape index (κ1) is 56.9. The van der Waals surface area contributed by atoms with Gasteiger partial charge in [-0.25, -0.2) is 9.78 Å². The minimum atomic E-state index is -0.398. The molecule has 3 aromatic carbocycles. The van der Waals surface area contributed by atoms with E-state index in [1.54, 1.807) is 35.9 Å². The number of oxazole rings is 1. The van der Waals surface area contributed by atoms with Crippen molar-refractivity contribution in [1.29, 1.82) is 0 Å². The number of benzene rings is 3. The minimum Gasteiger partial charge on any atom is -0.485 e. The summed E-state index contributed by atoms with van der Waals surface area (Å²) in [6.45, 7) is 23.5. The van der Waals surface area contributed by atoms with Gasteiger partial charge in [-0.05, 0) is 134 Å². The van der Waals surface area contributed by atoms with E-state index in [4.69, 9.17) is 9.15 Å². The van der Waals surface area contributed by atoms with E-state index >= 15 is 0 Å². The summed E-state index contributed by atoms with van der Waals surface area (Å²) >= 11 is 3.58. The molecule has 0 saturated heterocycles. The topological polar surface area (TPSA) is 154 Å². The van der Waals surface area contributed by atoms with Crippen molar-refractivity contribution >= 4 is 67.2 Å². The molecule has 0 spiro atoms. The third-order valence-corrected chi connectivity index (χ3v) is 9.61. The number of amides is 2. The minimum absolute atomic E-state index is 0. The summed E-state index contributed by atoms with van der Waals surface area (Å²) in [5, 5.41) is 9.49. The molecule has 0 aliphatic carbocycles. The first-order chi connectivity index (χ1) is 29.0. The molecule has 14 heteroatoms. The van der Waals surface area contributed by atoms with Crippen molar-refractivity contribution in [2.45, 2.75) is 77.2 Å². The number of hydrogen-bond donors (Lipinski definition) is 4. The van der Waals surface area contributed by atoms with Gasteiger partial charge in [0.15, 0.2) is 5.58 Å².